The maximum Gasteiger partial charge on any atom is 0.253 e. The molecule has 142 valence electrons. The normalized spacial score (nSPS) is 11.2. The average Bonchev–Trinajstić information content (AvgIpc) is 3.38. The predicted octanol–water partition coefficient (Wildman–Crippen LogP) is 3.01. The number of pyridine rings is 2. The molecule has 29 heavy (non-hydrogen) atoms. The van der Waals surface area contributed by atoms with Gasteiger partial charge in [0, 0.05) is 28.7 Å². The van der Waals surface area contributed by atoms with Crippen LogP contribution in [0, 0.1) is 0 Å². The molecule has 8 heteroatoms. The summed E-state index contributed by atoms with van der Waals surface area (Å²) < 4.78 is 0. The van der Waals surface area contributed by atoms with Crippen LogP contribution < -0.4 is 11.1 Å². The lowest BCUT2D eigenvalue weighted by Crippen LogP contribution is -2.23. The van der Waals surface area contributed by atoms with Gasteiger partial charge >= 0.3 is 0 Å². The van der Waals surface area contributed by atoms with Crippen molar-refractivity contribution < 1.29 is 4.79 Å². The Bertz CT molecular complexity index is 1340. The number of hydrogen-bond donors (Lipinski definition) is 4. The molecule has 0 radical (unpaired) electrons. The summed E-state index contributed by atoms with van der Waals surface area (Å²) in [4.78, 5) is 24.5. The van der Waals surface area contributed by atoms with Crippen molar-refractivity contribution in [3.05, 3.63) is 72.4 Å². The van der Waals surface area contributed by atoms with Crippen molar-refractivity contribution in [2.45, 2.75) is 6.54 Å². The SMILES string of the molecule is Nc1cc2c(-c3cc(C(=O)NCc4ccccn4)c4[nH]ncc4c3)c[nH]c2cn1. The summed E-state index contributed by atoms with van der Waals surface area (Å²) in [6.07, 6.45) is 7.00. The van der Waals surface area contributed by atoms with Gasteiger partial charge in [0.15, 0.2) is 0 Å². The molecule has 5 rings (SSSR count). The van der Waals surface area contributed by atoms with Crippen LogP contribution in [0.5, 0.6) is 0 Å². The fourth-order valence-corrected chi connectivity index (χ4v) is 3.44. The second kappa shape index (κ2) is 6.75. The van der Waals surface area contributed by atoms with Crippen molar-refractivity contribution in [1.82, 2.24) is 30.5 Å². The van der Waals surface area contributed by atoms with E-state index in [2.05, 4.69) is 30.5 Å². The monoisotopic (exact) mass is 383 g/mol. The number of nitrogen functional groups attached to an aromatic ring is 1. The molecule has 0 aliphatic carbocycles. The molecule has 0 aliphatic heterocycles. The Morgan fingerprint density at radius 3 is 2.93 bits per heavy atom. The molecule has 5 N–H and O–H groups in total. The zero-order valence-corrected chi connectivity index (χ0v) is 15.3. The summed E-state index contributed by atoms with van der Waals surface area (Å²) in [5.41, 5.74) is 10.6. The first-order valence-electron chi connectivity index (χ1n) is 9.07. The van der Waals surface area contributed by atoms with Gasteiger partial charge in [-0.05, 0) is 35.9 Å². The Morgan fingerprint density at radius 1 is 1.14 bits per heavy atom. The van der Waals surface area contributed by atoms with Gasteiger partial charge in [0.2, 0.25) is 0 Å². The number of carbonyl (C=O) groups is 1. The lowest BCUT2D eigenvalue weighted by Gasteiger charge is -2.08. The van der Waals surface area contributed by atoms with Crippen molar-refractivity contribution in [2.24, 2.45) is 0 Å². The number of rotatable bonds is 4. The number of H-pyrrole nitrogens is 2. The third-order valence-electron chi connectivity index (χ3n) is 4.85. The van der Waals surface area contributed by atoms with Gasteiger partial charge in [-0.1, -0.05) is 6.07 Å². The van der Waals surface area contributed by atoms with E-state index in [9.17, 15) is 4.79 Å². The zero-order valence-electron chi connectivity index (χ0n) is 15.3. The van der Waals surface area contributed by atoms with Gasteiger partial charge in [-0.3, -0.25) is 14.9 Å². The van der Waals surface area contributed by atoms with Crippen molar-refractivity contribution in [1.29, 1.82) is 0 Å². The molecule has 1 aromatic carbocycles. The number of nitrogens with one attached hydrogen (secondary N) is 3. The minimum absolute atomic E-state index is 0.201. The first kappa shape index (κ1) is 16.9. The van der Waals surface area contributed by atoms with E-state index in [0.717, 1.165) is 33.1 Å². The van der Waals surface area contributed by atoms with E-state index < -0.39 is 0 Å². The van der Waals surface area contributed by atoms with Crippen molar-refractivity contribution in [2.75, 3.05) is 5.73 Å². The molecule has 8 nitrogen and oxygen atoms in total. The second-order valence-electron chi connectivity index (χ2n) is 6.72. The largest absolute Gasteiger partial charge is 0.384 e. The molecule has 0 saturated heterocycles. The van der Waals surface area contributed by atoms with Crippen LogP contribution in [-0.2, 0) is 6.54 Å². The summed E-state index contributed by atoms with van der Waals surface area (Å²) >= 11 is 0. The molecule has 0 aliphatic rings. The van der Waals surface area contributed by atoms with Crippen molar-refractivity contribution >= 4 is 33.5 Å². The number of anilines is 1. The molecule has 0 saturated carbocycles. The van der Waals surface area contributed by atoms with Crippen LogP contribution in [0.4, 0.5) is 5.82 Å². The van der Waals surface area contributed by atoms with Crippen LogP contribution in [0.25, 0.3) is 32.9 Å². The van der Waals surface area contributed by atoms with E-state index in [1.807, 2.05) is 42.6 Å². The molecule has 0 bridgehead atoms. The maximum atomic E-state index is 12.9. The molecule has 0 unspecified atom stereocenters. The Labute approximate surface area is 165 Å². The van der Waals surface area contributed by atoms with Crippen LogP contribution >= 0.6 is 0 Å². The number of amides is 1. The minimum Gasteiger partial charge on any atom is -0.384 e. The molecule has 0 fully saturated rings. The molecule has 1 amide bonds. The first-order valence-corrected chi connectivity index (χ1v) is 9.07. The van der Waals surface area contributed by atoms with E-state index in [-0.39, 0.29) is 5.91 Å². The van der Waals surface area contributed by atoms with Crippen LogP contribution in [0.1, 0.15) is 16.1 Å². The second-order valence-corrected chi connectivity index (χ2v) is 6.72. The fraction of sp³-hybridized carbons (Fsp3) is 0.0476. The minimum atomic E-state index is -0.201. The number of carbonyl (C=O) groups excluding carboxylic acids is 1. The Hall–Kier alpha value is -4.20. The van der Waals surface area contributed by atoms with Gasteiger partial charge in [-0.2, -0.15) is 5.10 Å². The maximum absolute atomic E-state index is 12.9. The third kappa shape index (κ3) is 3.06. The van der Waals surface area contributed by atoms with E-state index in [4.69, 9.17) is 5.73 Å². The quantitative estimate of drug-likeness (QED) is 0.380. The Balaban J connectivity index is 1.56. The third-order valence-corrected chi connectivity index (χ3v) is 4.85. The molecular weight excluding hydrogens is 366 g/mol. The summed E-state index contributed by atoms with van der Waals surface area (Å²) in [5, 5.41) is 11.8. The molecule has 0 spiro atoms. The Kier molecular flexibility index (Phi) is 3.94. The standard InChI is InChI=1S/C21H17N7O/c22-19-7-15-17(10-24-18(15)11-25-19)12-5-13-8-27-28-20(13)16(6-12)21(29)26-9-14-3-1-2-4-23-14/h1-8,10-11,24H,9H2,(H2,22,25)(H,26,29)(H,27,28). The van der Waals surface area contributed by atoms with Gasteiger partial charge in [-0.25, -0.2) is 4.98 Å². The molecule has 5 aromatic rings. The fourth-order valence-electron chi connectivity index (χ4n) is 3.44. The number of nitrogens with two attached hydrogens (primary N) is 1. The van der Waals surface area contributed by atoms with Crippen LogP contribution in [0.15, 0.2) is 61.2 Å². The summed E-state index contributed by atoms with van der Waals surface area (Å²) in [5.74, 6) is 0.240. The zero-order chi connectivity index (χ0) is 19.8. The van der Waals surface area contributed by atoms with Crippen LogP contribution in [-0.4, -0.2) is 31.1 Å². The lowest BCUT2D eigenvalue weighted by atomic mass is 10.00. The van der Waals surface area contributed by atoms with E-state index in [1.54, 1.807) is 18.6 Å². The highest BCUT2D eigenvalue weighted by Crippen LogP contribution is 2.32. The predicted molar refractivity (Wildman–Crippen MR) is 111 cm³/mol. The van der Waals surface area contributed by atoms with Crippen molar-refractivity contribution in [3.63, 3.8) is 0 Å². The summed E-state index contributed by atoms with van der Waals surface area (Å²) in [7, 11) is 0. The highest BCUT2D eigenvalue weighted by atomic mass is 16.1. The number of aromatic amines is 2. The number of fused-ring (bicyclic) bond motifs is 2. The highest BCUT2D eigenvalue weighted by molar-refractivity contribution is 6.08. The van der Waals surface area contributed by atoms with Gasteiger partial charge < -0.3 is 16.0 Å². The van der Waals surface area contributed by atoms with E-state index >= 15 is 0 Å². The smallest absolute Gasteiger partial charge is 0.253 e. The van der Waals surface area contributed by atoms with Crippen molar-refractivity contribution in [3.8, 4) is 11.1 Å². The molecular formula is C21H17N7O. The Morgan fingerprint density at radius 2 is 2.07 bits per heavy atom. The lowest BCUT2D eigenvalue weighted by molar-refractivity contribution is 0.0952. The molecule has 4 aromatic heterocycles. The molecule has 4 heterocycles. The van der Waals surface area contributed by atoms with Crippen LogP contribution in [0.3, 0.4) is 0 Å². The van der Waals surface area contributed by atoms with E-state index in [0.29, 0.717) is 23.4 Å². The highest BCUT2D eigenvalue weighted by Gasteiger charge is 2.16. The number of hydrogen-bond acceptors (Lipinski definition) is 5. The number of nitrogens with zero attached hydrogens (tertiary/aromatic N) is 3. The first-order chi connectivity index (χ1) is 14.2. The van der Waals surface area contributed by atoms with Gasteiger partial charge in [0.05, 0.1) is 41.2 Å². The topological polar surface area (TPSA) is 125 Å². The average molecular weight is 383 g/mol. The number of benzene rings is 1. The van der Waals surface area contributed by atoms with Gasteiger partial charge in [-0.15, -0.1) is 0 Å². The number of aromatic nitrogens is 5. The summed E-state index contributed by atoms with van der Waals surface area (Å²) in [6.45, 7) is 0.342. The molecule has 0 atom stereocenters. The van der Waals surface area contributed by atoms with Crippen LogP contribution in [0.2, 0.25) is 0 Å². The summed E-state index contributed by atoms with van der Waals surface area (Å²) in [6, 6.07) is 11.3. The van der Waals surface area contributed by atoms with Gasteiger partial charge in [0.25, 0.3) is 5.91 Å². The van der Waals surface area contributed by atoms with Gasteiger partial charge in [0.1, 0.15) is 5.82 Å². The van der Waals surface area contributed by atoms with E-state index in [1.165, 1.54) is 0 Å².